The van der Waals surface area contributed by atoms with E-state index in [0.717, 1.165) is 17.0 Å². The minimum Gasteiger partial charge on any atom is -0.361 e. The van der Waals surface area contributed by atoms with Gasteiger partial charge in [0.25, 0.3) is 10.0 Å². The van der Waals surface area contributed by atoms with E-state index in [9.17, 15) is 13.2 Å². The van der Waals surface area contributed by atoms with Crippen molar-refractivity contribution in [2.24, 2.45) is 0 Å². The fraction of sp³-hybridized carbons (Fsp3) is 0.200. The summed E-state index contributed by atoms with van der Waals surface area (Å²) >= 11 is 1.43. The monoisotopic (exact) mass is 431 g/mol. The number of amides is 1. The summed E-state index contributed by atoms with van der Waals surface area (Å²) in [5.74, 6) is 1.34. The van der Waals surface area contributed by atoms with Crippen LogP contribution in [-0.4, -0.2) is 25.2 Å². The summed E-state index contributed by atoms with van der Waals surface area (Å²) in [5, 5.41) is 6.67. The van der Waals surface area contributed by atoms with E-state index in [1.54, 1.807) is 42.5 Å². The maximum Gasteiger partial charge on any atom is 0.261 e. The molecular weight excluding hydrogens is 410 g/mol. The third-order valence-electron chi connectivity index (χ3n) is 4.16. The lowest BCUT2D eigenvalue weighted by Crippen LogP contribution is -2.18. The van der Waals surface area contributed by atoms with E-state index in [0.29, 0.717) is 17.1 Å². The average Bonchev–Trinajstić information content (AvgIpc) is 3.02. The number of aromatic nitrogens is 1. The molecule has 29 heavy (non-hydrogen) atoms. The highest BCUT2D eigenvalue weighted by Crippen LogP contribution is 2.25. The zero-order valence-corrected chi connectivity index (χ0v) is 17.6. The van der Waals surface area contributed by atoms with Gasteiger partial charge in [-0.25, -0.2) is 8.42 Å². The van der Waals surface area contributed by atoms with Gasteiger partial charge < -0.3 is 9.84 Å². The van der Waals surface area contributed by atoms with Gasteiger partial charge in [-0.2, -0.15) is 0 Å². The minimum atomic E-state index is -3.75. The van der Waals surface area contributed by atoms with E-state index in [1.807, 2.05) is 13.8 Å². The molecule has 0 aliphatic rings. The minimum absolute atomic E-state index is 0.149. The van der Waals surface area contributed by atoms with Crippen LogP contribution in [-0.2, 0) is 20.6 Å². The van der Waals surface area contributed by atoms with Gasteiger partial charge in [0.1, 0.15) is 5.76 Å². The van der Waals surface area contributed by atoms with Gasteiger partial charge in [-0.1, -0.05) is 35.5 Å². The van der Waals surface area contributed by atoms with E-state index in [1.165, 1.54) is 23.9 Å². The number of carbonyl (C=O) groups is 1. The Kier molecular flexibility index (Phi) is 6.60. The van der Waals surface area contributed by atoms with Crippen LogP contribution >= 0.6 is 11.8 Å². The maximum absolute atomic E-state index is 12.6. The molecule has 1 aromatic heterocycles. The highest BCUT2D eigenvalue weighted by molar-refractivity contribution is 7.99. The molecule has 0 bridgehead atoms. The second-order valence-corrected chi connectivity index (χ2v) is 8.98. The number of carbonyl (C=O) groups excluding carboxylic acids is 1. The van der Waals surface area contributed by atoms with Crippen LogP contribution in [0.5, 0.6) is 0 Å². The molecule has 0 spiro atoms. The zero-order chi connectivity index (χ0) is 20.9. The van der Waals surface area contributed by atoms with Gasteiger partial charge in [-0.3, -0.25) is 9.52 Å². The number of hydrogen-bond donors (Lipinski definition) is 2. The number of thioether (sulfide) groups is 1. The molecule has 152 valence electrons. The molecule has 0 aliphatic heterocycles. The van der Waals surface area contributed by atoms with Crippen LogP contribution < -0.4 is 10.0 Å². The van der Waals surface area contributed by atoms with Gasteiger partial charge >= 0.3 is 0 Å². The molecule has 0 aliphatic carbocycles. The maximum atomic E-state index is 12.6. The zero-order valence-electron chi connectivity index (χ0n) is 16.0. The number of para-hydroxylation sites is 2. The Hall–Kier alpha value is -2.78. The highest BCUT2D eigenvalue weighted by atomic mass is 32.2. The summed E-state index contributed by atoms with van der Waals surface area (Å²) < 4.78 is 32.8. The third kappa shape index (κ3) is 5.39. The molecule has 7 nitrogen and oxygen atoms in total. The van der Waals surface area contributed by atoms with Crippen LogP contribution in [0, 0.1) is 13.8 Å². The summed E-state index contributed by atoms with van der Waals surface area (Å²) in [5.41, 5.74) is 2.50. The van der Waals surface area contributed by atoms with Crippen LogP contribution in [0.15, 0.2) is 64.0 Å². The third-order valence-corrected chi connectivity index (χ3v) is 6.50. The van der Waals surface area contributed by atoms with E-state index in [-0.39, 0.29) is 16.6 Å². The van der Waals surface area contributed by atoms with E-state index >= 15 is 0 Å². The predicted molar refractivity (Wildman–Crippen MR) is 114 cm³/mol. The summed E-state index contributed by atoms with van der Waals surface area (Å²) in [4.78, 5) is 12.5. The van der Waals surface area contributed by atoms with Gasteiger partial charge in [-0.15, -0.1) is 11.8 Å². The molecule has 1 heterocycles. The second kappa shape index (κ2) is 9.15. The van der Waals surface area contributed by atoms with E-state index in [4.69, 9.17) is 4.52 Å². The summed E-state index contributed by atoms with van der Waals surface area (Å²) in [6.07, 6.45) is 0. The molecule has 3 rings (SSSR count). The first kappa shape index (κ1) is 20.9. The molecular formula is C20H21N3O4S2. The molecule has 2 aromatic carbocycles. The van der Waals surface area contributed by atoms with Crippen molar-refractivity contribution in [2.45, 2.75) is 24.5 Å². The average molecular weight is 432 g/mol. The number of hydrogen-bond acceptors (Lipinski definition) is 6. The van der Waals surface area contributed by atoms with Crippen molar-refractivity contribution in [3.05, 3.63) is 71.6 Å². The number of rotatable bonds is 8. The summed E-state index contributed by atoms with van der Waals surface area (Å²) in [7, 11) is -3.75. The van der Waals surface area contributed by atoms with Crippen molar-refractivity contribution in [3.63, 3.8) is 0 Å². The number of benzene rings is 2. The fourth-order valence-corrected chi connectivity index (χ4v) is 4.70. The number of sulfonamides is 1. The van der Waals surface area contributed by atoms with Gasteiger partial charge in [0.15, 0.2) is 0 Å². The van der Waals surface area contributed by atoms with Crippen molar-refractivity contribution < 1.29 is 17.7 Å². The Morgan fingerprint density at radius 3 is 2.34 bits per heavy atom. The van der Waals surface area contributed by atoms with Crippen molar-refractivity contribution in [1.29, 1.82) is 0 Å². The van der Waals surface area contributed by atoms with Crippen molar-refractivity contribution in [1.82, 2.24) is 5.16 Å². The first-order valence-corrected chi connectivity index (χ1v) is 11.5. The van der Waals surface area contributed by atoms with E-state index in [2.05, 4.69) is 15.2 Å². The van der Waals surface area contributed by atoms with Crippen molar-refractivity contribution in [3.8, 4) is 0 Å². The van der Waals surface area contributed by atoms with Crippen molar-refractivity contribution in [2.75, 3.05) is 15.8 Å². The molecule has 2 N–H and O–H groups in total. The fourth-order valence-electron chi connectivity index (χ4n) is 2.62. The predicted octanol–water partition coefficient (Wildman–Crippen LogP) is 3.96. The molecule has 0 saturated heterocycles. The smallest absolute Gasteiger partial charge is 0.261 e. The highest BCUT2D eigenvalue weighted by Gasteiger charge is 2.16. The molecule has 9 heteroatoms. The number of nitrogens with one attached hydrogen (secondary N) is 2. The lowest BCUT2D eigenvalue weighted by molar-refractivity contribution is -0.113. The second-order valence-electron chi connectivity index (χ2n) is 6.31. The summed E-state index contributed by atoms with van der Waals surface area (Å²) in [6.45, 7) is 3.70. The van der Waals surface area contributed by atoms with Crippen LogP contribution in [0.3, 0.4) is 0 Å². The van der Waals surface area contributed by atoms with Crippen LogP contribution in [0.2, 0.25) is 0 Å². The van der Waals surface area contributed by atoms with Gasteiger partial charge in [0.2, 0.25) is 5.91 Å². The van der Waals surface area contributed by atoms with Crippen LogP contribution in [0.4, 0.5) is 11.4 Å². The Bertz CT molecular complexity index is 1080. The first-order chi connectivity index (χ1) is 13.9. The SMILES string of the molecule is Cc1noc(C)c1CSCC(=O)Nc1ccccc1NS(=O)(=O)c1ccccc1. The molecule has 1 amide bonds. The van der Waals surface area contributed by atoms with Gasteiger partial charge in [0.05, 0.1) is 27.7 Å². The topological polar surface area (TPSA) is 101 Å². The lowest BCUT2D eigenvalue weighted by Gasteiger charge is -2.13. The Morgan fingerprint density at radius 1 is 1.03 bits per heavy atom. The Morgan fingerprint density at radius 2 is 1.69 bits per heavy atom. The number of anilines is 2. The molecule has 0 radical (unpaired) electrons. The number of aryl methyl sites for hydroxylation is 2. The molecule has 0 atom stereocenters. The normalized spacial score (nSPS) is 11.2. The largest absolute Gasteiger partial charge is 0.361 e. The molecule has 0 saturated carbocycles. The number of nitrogens with zero attached hydrogens (tertiary/aromatic N) is 1. The standard InChI is InChI=1S/C20H21N3O4S2/c1-14-17(15(2)27-22-14)12-28-13-20(24)21-18-10-6-7-11-19(18)23-29(25,26)16-8-4-3-5-9-16/h3-11,23H,12-13H2,1-2H3,(H,21,24). The van der Waals surface area contributed by atoms with E-state index < -0.39 is 10.0 Å². The molecule has 3 aromatic rings. The van der Waals surface area contributed by atoms with Gasteiger partial charge in [-0.05, 0) is 38.1 Å². The quantitative estimate of drug-likeness (QED) is 0.560. The molecule has 0 fully saturated rings. The Labute approximate surface area is 173 Å². The summed E-state index contributed by atoms with van der Waals surface area (Å²) in [6, 6.07) is 14.7. The van der Waals surface area contributed by atoms with Crippen molar-refractivity contribution >= 4 is 39.1 Å². The lowest BCUT2D eigenvalue weighted by atomic mass is 10.2. The van der Waals surface area contributed by atoms with Crippen LogP contribution in [0.1, 0.15) is 17.0 Å². The van der Waals surface area contributed by atoms with Gasteiger partial charge in [0, 0.05) is 11.3 Å². The van der Waals surface area contributed by atoms with Crippen LogP contribution in [0.25, 0.3) is 0 Å². The Balaban J connectivity index is 1.64. The first-order valence-electron chi connectivity index (χ1n) is 8.83. The molecule has 0 unspecified atom stereocenters.